The summed E-state index contributed by atoms with van der Waals surface area (Å²) in [6.45, 7) is 0.401. The van der Waals surface area contributed by atoms with Gasteiger partial charge in [-0.25, -0.2) is 0 Å². The van der Waals surface area contributed by atoms with Crippen LogP contribution in [0.2, 0.25) is 0 Å². The normalized spacial score (nSPS) is 18.2. The second kappa shape index (κ2) is 4.95. The fourth-order valence-corrected chi connectivity index (χ4v) is 2.32. The molecule has 0 aromatic heterocycles. The maximum absolute atomic E-state index is 9.96. The van der Waals surface area contributed by atoms with Crippen LogP contribution >= 0.6 is 0 Å². The van der Waals surface area contributed by atoms with Crippen LogP contribution in [0, 0.1) is 0 Å². The number of fused-ring (bicyclic) bond motifs is 1. The molecule has 1 aromatic carbocycles. The van der Waals surface area contributed by atoms with Crippen LogP contribution in [-0.4, -0.2) is 29.9 Å². The van der Waals surface area contributed by atoms with Crippen LogP contribution in [0.3, 0.4) is 0 Å². The third-order valence-corrected chi connectivity index (χ3v) is 3.24. The molecule has 1 aliphatic carbocycles. The average Bonchev–Trinajstić information content (AvgIpc) is 2.75. The van der Waals surface area contributed by atoms with Crippen molar-refractivity contribution in [3.63, 3.8) is 0 Å². The first-order chi connectivity index (χ1) is 7.72. The average molecular weight is 221 g/mol. The number of hydrogen-bond donors (Lipinski definition) is 3. The summed E-state index contributed by atoms with van der Waals surface area (Å²) in [6.07, 6.45) is 1.90. The van der Waals surface area contributed by atoms with Crippen molar-refractivity contribution in [3.8, 4) is 0 Å². The number of nitrogens with one attached hydrogen (secondary N) is 1. The number of aliphatic hydroxyl groups excluding tert-OH is 2. The number of hydrogen-bond acceptors (Lipinski definition) is 3. The molecule has 0 fully saturated rings. The summed E-state index contributed by atoms with van der Waals surface area (Å²) >= 11 is 0. The lowest BCUT2D eigenvalue weighted by Crippen LogP contribution is -2.29. The van der Waals surface area contributed by atoms with Crippen LogP contribution in [0.5, 0.6) is 0 Å². The number of benzene rings is 1. The Bertz CT molecular complexity index is 365. The third-order valence-electron chi connectivity index (χ3n) is 3.24. The van der Waals surface area contributed by atoms with Gasteiger partial charge in [0.1, 0.15) is 6.10 Å². The van der Waals surface area contributed by atoms with Crippen LogP contribution in [0.15, 0.2) is 18.2 Å². The zero-order valence-electron chi connectivity index (χ0n) is 9.61. The minimum absolute atomic E-state index is 0.401. The predicted octanol–water partition coefficient (Wildman–Crippen LogP) is 0.789. The Kier molecular flexibility index (Phi) is 3.59. The van der Waals surface area contributed by atoms with E-state index in [-0.39, 0.29) is 0 Å². The molecule has 2 unspecified atom stereocenters. The van der Waals surface area contributed by atoms with Gasteiger partial charge in [-0.15, -0.1) is 0 Å². The first kappa shape index (κ1) is 11.6. The molecule has 0 spiro atoms. The molecule has 0 bridgehead atoms. The van der Waals surface area contributed by atoms with Gasteiger partial charge in [-0.05, 0) is 43.0 Å². The highest BCUT2D eigenvalue weighted by atomic mass is 16.3. The van der Waals surface area contributed by atoms with E-state index in [4.69, 9.17) is 0 Å². The quantitative estimate of drug-likeness (QED) is 0.704. The second-order valence-electron chi connectivity index (χ2n) is 4.45. The van der Waals surface area contributed by atoms with E-state index >= 15 is 0 Å². The third kappa shape index (κ3) is 2.26. The fraction of sp³-hybridized carbons (Fsp3) is 0.538. The minimum atomic E-state index is -0.793. The van der Waals surface area contributed by atoms with Crippen molar-refractivity contribution < 1.29 is 10.2 Å². The smallest absolute Gasteiger partial charge is 0.106 e. The van der Waals surface area contributed by atoms with Gasteiger partial charge in [0.2, 0.25) is 0 Å². The van der Waals surface area contributed by atoms with Gasteiger partial charge in [-0.1, -0.05) is 18.2 Å². The Hall–Kier alpha value is -0.900. The van der Waals surface area contributed by atoms with Gasteiger partial charge >= 0.3 is 0 Å². The molecule has 2 atom stereocenters. The molecule has 3 heteroatoms. The molecule has 88 valence electrons. The molecule has 1 aromatic rings. The lowest BCUT2D eigenvalue weighted by atomic mass is 9.99. The van der Waals surface area contributed by atoms with Gasteiger partial charge in [0.25, 0.3) is 0 Å². The van der Waals surface area contributed by atoms with E-state index in [1.165, 1.54) is 17.5 Å². The van der Waals surface area contributed by atoms with Crippen LogP contribution in [-0.2, 0) is 12.8 Å². The van der Waals surface area contributed by atoms with E-state index in [1.54, 1.807) is 7.05 Å². The van der Waals surface area contributed by atoms with Crippen molar-refractivity contribution in [3.05, 3.63) is 34.9 Å². The molecule has 0 saturated heterocycles. The summed E-state index contributed by atoms with van der Waals surface area (Å²) < 4.78 is 0. The molecule has 2 rings (SSSR count). The molecule has 0 saturated carbocycles. The van der Waals surface area contributed by atoms with E-state index in [9.17, 15) is 10.2 Å². The molecule has 3 nitrogen and oxygen atoms in total. The van der Waals surface area contributed by atoms with Gasteiger partial charge in [0.15, 0.2) is 0 Å². The van der Waals surface area contributed by atoms with E-state index in [0.29, 0.717) is 6.54 Å². The zero-order chi connectivity index (χ0) is 11.5. The first-order valence-electron chi connectivity index (χ1n) is 5.85. The predicted molar refractivity (Wildman–Crippen MR) is 63.4 cm³/mol. The highest BCUT2D eigenvalue weighted by molar-refractivity contribution is 5.36. The molecule has 0 heterocycles. The summed E-state index contributed by atoms with van der Waals surface area (Å²) in [5.41, 5.74) is 3.54. The van der Waals surface area contributed by atoms with Crippen molar-refractivity contribution in [2.24, 2.45) is 0 Å². The summed E-state index contributed by atoms with van der Waals surface area (Å²) in [5.74, 6) is 0. The van der Waals surface area contributed by atoms with E-state index in [0.717, 1.165) is 18.4 Å². The maximum atomic E-state index is 9.96. The van der Waals surface area contributed by atoms with Gasteiger partial charge in [-0.3, -0.25) is 0 Å². The monoisotopic (exact) mass is 221 g/mol. The Balaban J connectivity index is 2.14. The van der Waals surface area contributed by atoms with Crippen molar-refractivity contribution in [2.45, 2.75) is 31.5 Å². The van der Waals surface area contributed by atoms with Crippen LogP contribution in [0.1, 0.15) is 29.2 Å². The lowest BCUT2D eigenvalue weighted by Gasteiger charge is -2.18. The van der Waals surface area contributed by atoms with Gasteiger partial charge in [-0.2, -0.15) is 0 Å². The number of aryl methyl sites for hydroxylation is 2. The summed E-state index contributed by atoms with van der Waals surface area (Å²) in [7, 11) is 1.76. The van der Waals surface area contributed by atoms with Gasteiger partial charge in [0, 0.05) is 6.54 Å². The van der Waals surface area contributed by atoms with Crippen molar-refractivity contribution >= 4 is 0 Å². The standard InChI is InChI=1S/C13H19NO2/c1-14-8-12(15)13(16)11-6-5-9-3-2-4-10(9)7-11/h5-7,12-16H,2-4,8H2,1H3. The zero-order valence-corrected chi connectivity index (χ0v) is 9.61. The Morgan fingerprint density at radius 3 is 2.75 bits per heavy atom. The van der Waals surface area contributed by atoms with Gasteiger partial charge < -0.3 is 15.5 Å². The molecule has 0 aliphatic heterocycles. The van der Waals surface area contributed by atoms with Crippen molar-refractivity contribution in [1.82, 2.24) is 5.32 Å². The second-order valence-corrected chi connectivity index (χ2v) is 4.45. The number of aliphatic hydroxyl groups is 2. The summed E-state index contributed by atoms with van der Waals surface area (Å²) in [5, 5.41) is 22.5. The molecule has 0 radical (unpaired) electrons. The topological polar surface area (TPSA) is 52.5 Å². The van der Waals surface area contributed by atoms with Crippen LogP contribution in [0.25, 0.3) is 0 Å². The Morgan fingerprint density at radius 2 is 2.00 bits per heavy atom. The van der Waals surface area contributed by atoms with Crippen LogP contribution < -0.4 is 5.32 Å². The van der Waals surface area contributed by atoms with Crippen molar-refractivity contribution in [2.75, 3.05) is 13.6 Å². The van der Waals surface area contributed by atoms with E-state index < -0.39 is 12.2 Å². The molecule has 0 amide bonds. The lowest BCUT2D eigenvalue weighted by molar-refractivity contribution is 0.0202. The number of rotatable bonds is 4. The van der Waals surface area contributed by atoms with E-state index in [1.807, 2.05) is 12.1 Å². The highest BCUT2D eigenvalue weighted by Gasteiger charge is 2.19. The fourth-order valence-electron chi connectivity index (χ4n) is 2.32. The van der Waals surface area contributed by atoms with Crippen LogP contribution in [0.4, 0.5) is 0 Å². The minimum Gasteiger partial charge on any atom is -0.389 e. The van der Waals surface area contributed by atoms with Crippen molar-refractivity contribution in [1.29, 1.82) is 0 Å². The molecule has 3 N–H and O–H groups in total. The SMILES string of the molecule is CNCC(O)C(O)c1ccc2c(c1)CCC2. The Labute approximate surface area is 96.1 Å². The summed E-state index contributed by atoms with van der Waals surface area (Å²) in [6, 6.07) is 6.03. The number of likely N-dealkylation sites (N-methyl/N-ethyl adjacent to an activating group) is 1. The van der Waals surface area contributed by atoms with Gasteiger partial charge in [0.05, 0.1) is 6.10 Å². The molecule has 16 heavy (non-hydrogen) atoms. The Morgan fingerprint density at radius 1 is 1.25 bits per heavy atom. The molecular weight excluding hydrogens is 202 g/mol. The first-order valence-corrected chi connectivity index (χ1v) is 5.85. The largest absolute Gasteiger partial charge is 0.389 e. The maximum Gasteiger partial charge on any atom is 0.106 e. The summed E-state index contributed by atoms with van der Waals surface area (Å²) in [4.78, 5) is 0. The molecular formula is C13H19NO2. The van der Waals surface area contributed by atoms with E-state index in [2.05, 4.69) is 11.4 Å². The highest BCUT2D eigenvalue weighted by Crippen LogP contribution is 2.26. The molecule has 1 aliphatic rings.